The molecule has 0 saturated heterocycles. The molecule has 0 bridgehead atoms. The third kappa shape index (κ3) is 3.00. The van der Waals surface area contributed by atoms with E-state index in [0.717, 1.165) is 17.8 Å². The Bertz CT molecular complexity index is 507. The maximum Gasteiger partial charge on any atom is 0.204 e. The van der Waals surface area contributed by atoms with Crippen LogP contribution in [-0.2, 0) is 22.4 Å². The SMILES string of the molecule is CCc1c(C(OC)OC)nnn1Cc1ccccc1. The summed E-state index contributed by atoms with van der Waals surface area (Å²) in [5.41, 5.74) is 2.99. The molecule has 2 aromatic rings. The van der Waals surface area contributed by atoms with Crippen molar-refractivity contribution in [2.24, 2.45) is 0 Å². The largest absolute Gasteiger partial charge is 0.350 e. The average molecular weight is 261 g/mol. The van der Waals surface area contributed by atoms with E-state index in [1.54, 1.807) is 14.2 Å². The van der Waals surface area contributed by atoms with Crippen molar-refractivity contribution in [3.05, 3.63) is 47.3 Å². The van der Waals surface area contributed by atoms with Gasteiger partial charge < -0.3 is 9.47 Å². The van der Waals surface area contributed by atoms with Gasteiger partial charge in [-0.1, -0.05) is 42.5 Å². The molecule has 1 aromatic heterocycles. The minimum Gasteiger partial charge on any atom is -0.350 e. The highest BCUT2D eigenvalue weighted by Gasteiger charge is 2.20. The van der Waals surface area contributed by atoms with Crippen LogP contribution in [0.2, 0.25) is 0 Å². The number of hydrogen-bond acceptors (Lipinski definition) is 4. The Balaban J connectivity index is 2.27. The van der Waals surface area contributed by atoms with Crippen LogP contribution in [0.1, 0.15) is 30.2 Å². The fourth-order valence-corrected chi connectivity index (χ4v) is 2.10. The van der Waals surface area contributed by atoms with Gasteiger partial charge in [0.25, 0.3) is 0 Å². The summed E-state index contributed by atoms with van der Waals surface area (Å²) in [5, 5.41) is 8.39. The van der Waals surface area contributed by atoms with Crippen molar-refractivity contribution in [2.45, 2.75) is 26.2 Å². The topological polar surface area (TPSA) is 49.2 Å². The van der Waals surface area contributed by atoms with Gasteiger partial charge in [-0.15, -0.1) is 5.10 Å². The van der Waals surface area contributed by atoms with E-state index in [1.807, 2.05) is 22.9 Å². The normalized spacial score (nSPS) is 11.2. The number of rotatable bonds is 6. The van der Waals surface area contributed by atoms with Crippen LogP contribution in [0.5, 0.6) is 0 Å². The summed E-state index contributed by atoms with van der Waals surface area (Å²) in [5.74, 6) is 0. The van der Waals surface area contributed by atoms with Crippen LogP contribution in [0.15, 0.2) is 30.3 Å². The molecule has 19 heavy (non-hydrogen) atoms. The van der Waals surface area contributed by atoms with E-state index in [0.29, 0.717) is 6.54 Å². The van der Waals surface area contributed by atoms with Crippen LogP contribution in [0.3, 0.4) is 0 Å². The maximum atomic E-state index is 5.25. The van der Waals surface area contributed by atoms with Crippen molar-refractivity contribution in [2.75, 3.05) is 14.2 Å². The van der Waals surface area contributed by atoms with Crippen LogP contribution in [-0.4, -0.2) is 29.2 Å². The van der Waals surface area contributed by atoms with Crippen molar-refractivity contribution in [3.8, 4) is 0 Å². The molecule has 0 amide bonds. The Kier molecular flexibility index (Phi) is 4.65. The first-order chi connectivity index (χ1) is 9.30. The monoisotopic (exact) mass is 261 g/mol. The maximum absolute atomic E-state index is 5.25. The summed E-state index contributed by atoms with van der Waals surface area (Å²) < 4.78 is 12.4. The van der Waals surface area contributed by atoms with Crippen LogP contribution in [0.25, 0.3) is 0 Å². The highest BCUT2D eigenvalue weighted by Crippen LogP contribution is 2.20. The van der Waals surface area contributed by atoms with E-state index in [1.165, 1.54) is 5.56 Å². The van der Waals surface area contributed by atoms with Crippen LogP contribution >= 0.6 is 0 Å². The summed E-state index contributed by atoms with van der Waals surface area (Å²) in [6.07, 6.45) is 0.373. The summed E-state index contributed by atoms with van der Waals surface area (Å²) in [7, 11) is 3.20. The standard InChI is InChI=1S/C14H19N3O2/c1-4-12-13(14(18-2)19-3)15-16-17(12)10-11-8-6-5-7-9-11/h5-9,14H,4,10H2,1-3H3. The third-order valence-electron chi connectivity index (χ3n) is 3.03. The summed E-state index contributed by atoms with van der Waals surface area (Å²) in [6, 6.07) is 10.2. The highest BCUT2D eigenvalue weighted by molar-refractivity contribution is 5.18. The number of aromatic nitrogens is 3. The Labute approximate surface area is 113 Å². The lowest BCUT2D eigenvalue weighted by molar-refractivity contribution is -0.109. The minimum atomic E-state index is -0.459. The van der Waals surface area contributed by atoms with Crippen LogP contribution in [0.4, 0.5) is 0 Å². The van der Waals surface area contributed by atoms with Gasteiger partial charge in [0, 0.05) is 14.2 Å². The van der Waals surface area contributed by atoms with Gasteiger partial charge in [-0.05, 0) is 12.0 Å². The fourth-order valence-electron chi connectivity index (χ4n) is 2.10. The van der Waals surface area contributed by atoms with E-state index in [2.05, 4.69) is 29.4 Å². The molecule has 0 aliphatic heterocycles. The van der Waals surface area contributed by atoms with Gasteiger partial charge in [-0.3, -0.25) is 0 Å². The second-order valence-corrected chi connectivity index (χ2v) is 4.22. The summed E-state index contributed by atoms with van der Waals surface area (Å²) in [4.78, 5) is 0. The highest BCUT2D eigenvalue weighted by atomic mass is 16.7. The molecule has 0 N–H and O–H groups in total. The number of benzene rings is 1. The predicted octanol–water partition coefficient (Wildman–Crippen LogP) is 2.18. The molecule has 102 valence electrons. The van der Waals surface area contributed by atoms with Crippen molar-refractivity contribution in [3.63, 3.8) is 0 Å². The second kappa shape index (κ2) is 6.45. The van der Waals surface area contributed by atoms with Crippen molar-refractivity contribution in [1.29, 1.82) is 0 Å². The average Bonchev–Trinajstić information content (AvgIpc) is 2.84. The molecule has 0 atom stereocenters. The number of ether oxygens (including phenoxy) is 2. The van der Waals surface area contributed by atoms with Crippen molar-refractivity contribution < 1.29 is 9.47 Å². The van der Waals surface area contributed by atoms with Crippen molar-refractivity contribution >= 4 is 0 Å². The lowest BCUT2D eigenvalue weighted by Gasteiger charge is -2.12. The molecule has 0 aliphatic carbocycles. The van der Waals surface area contributed by atoms with Gasteiger partial charge in [0.15, 0.2) is 0 Å². The van der Waals surface area contributed by atoms with E-state index < -0.39 is 6.29 Å². The van der Waals surface area contributed by atoms with Gasteiger partial charge in [0.2, 0.25) is 6.29 Å². The third-order valence-corrected chi connectivity index (χ3v) is 3.03. The smallest absolute Gasteiger partial charge is 0.204 e. The molecule has 5 heteroatoms. The summed E-state index contributed by atoms with van der Waals surface area (Å²) in [6.45, 7) is 2.78. The first-order valence-corrected chi connectivity index (χ1v) is 6.31. The first-order valence-electron chi connectivity index (χ1n) is 6.31. The Hall–Kier alpha value is -1.72. The molecule has 0 aliphatic rings. The fraction of sp³-hybridized carbons (Fsp3) is 0.429. The van der Waals surface area contributed by atoms with Crippen molar-refractivity contribution in [1.82, 2.24) is 15.0 Å². The zero-order valence-electron chi connectivity index (χ0n) is 11.5. The Morgan fingerprint density at radius 2 is 1.84 bits per heavy atom. The zero-order chi connectivity index (χ0) is 13.7. The number of nitrogens with zero attached hydrogens (tertiary/aromatic N) is 3. The van der Waals surface area contributed by atoms with Gasteiger partial charge in [-0.25, -0.2) is 4.68 Å². The van der Waals surface area contributed by atoms with Gasteiger partial charge in [-0.2, -0.15) is 0 Å². The first kappa shape index (κ1) is 13.7. The molecule has 5 nitrogen and oxygen atoms in total. The Morgan fingerprint density at radius 3 is 2.42 bits per heavy atom. The predicted molar refractivity (Wildman–Crippen MR) is 71.7 cm³/mol. The molecular weight excluding hydrogens is 242 g/mol. The van der Waals surface area contributed by atoms with E-state index in [9.17, 15) is 0 Å². The number of hydrogen-bond donors (Lipinski definition) is 0. The van der Waals surface area contributed by atoms with Gasteiger partial charge in [0.05, 0.1) is 12.2 Å². The summed E-state index contributed by atoms with van der Waals surface area (Å²) >= 11 is 0. The number of methoxy groups -OCH3 is 2. The van der Waals surface area contributed by atoms with E-state index >= 15 is 0 Å². The van der Waals surface area contributed by atoms with E-state index in [-0.39, 0.29) is 0 Å². The molecule has 0 unspecified atom stereocenters. The van der Waals surface area contributed by atoms with E-state index in [4.69, 9.17) is 9.47 Å². The van der Waals surface area contributed by atoms with Crippen LogP contribution < -0.4 is 0 Å². The quantitative estimate of drug-likeness (QED) is 0.748. The van der Waals surface area contributed by atoms with Crippen LogP contribution in [0, 0.1) is 0 Å². The minimum absolute atomic E-state index is 0.459. The second-order valence-electron chi connectivity index (χ2n) is 4.22. The lowest BCUT2D eigenvalue weighted by atomic mass is 10.2. The molecule has 1 aromatic carbocycles. The molecule has 0 spiro atoms. The lowest BCUT2D eigenvalue weighted by Crippen LogP contribution is -2.10. The molecule has 2 rings (SSSR count). The molecule has 0 radical (unpaired) electrons. The van der Waals surface area contributed by atoms with Gasteiger partial charge >= 0.3 is 0 Å². The molecular formula is C14H19N3O2. The molecule has 1 heterocycles. The zero-order valence-corrected chi connectivity index (χ0v) is 11.5. The molecule has 0 saturated carbocycles. The van der Waals surface area contributed by atoms with Gasteiger partial charge in [0.1, 0.15) is 5.69 Å². The molecule has 0 fully saturated rings. The Morgan fingerprint density at radius 1 is 1.16 bits per heavy atom.